The maximum absolute atomic E-state index is 5.15. The van der Waals surface area contributed by atoms with E-state index in [0.717, 1.165) is 26.9 Å². The van der Waals surface area contributed by atoms with Crippen LogP contribution in [0.15, 0.2) is 45.3 Å². The zero-order chi connectivity index (χ0) is 13.8. The van der Waals surface area contributed by atoms with Crippen molar-refractivity contribution in [2.24, 2.45) is 0 Å². The Morgan fingerprint density at radius 1 is 1.05 bits per heavy atom. The van der Waals surface area contributed by atoms with Crippen molar-refractivity contribution in [1.29, 1.82) is 0 Å². The lowest BCUT2D eigenvalue weighted by molar-refractivity contribution is 0.414. The third-order valence-corrected chi connectivity index (χ3v) is 4.07. The van der Waals surface area contributed by atoms with Crippen molar-refractivity contribution in [3.8, 4) is 5.75 Å². The molecule has 0 radical (unpaired) electrons. The summed E-state index contributed by atoms with van der Waals surface area (Å²) in [6.07, 6.45) is 0. The molecule has 0 aliphatic heterocycles. The van der Waals surface area contributed by atoms with Crippen LogP contribution in [0.1, 0.15) is 11.1 Å². The Morgan fingerprint density at radius 3 is 2.16 bits per heavy atom. The van der Waals surface area contributed by atoms with Gasteiger partial charge < -0.3 is 10.1 Å². The molecule has 0 aliphatic rings. The topological polar surface area (TPSA) is 21.3 Å². The summed E-state index contributed by atoms with van der Waals surface area (Å²) in [6, 6.07) is 12.2. The van der Waals surface area contributed by atoms with Crippen LogP contribution in [0.4, 0.5) is 5.69 Å². The summed E-state index contributed by atoms with van der Waals surface area (Å²) in [5.74, 6) is 0.876. The van der Waals surface area contributed by atoms with E-state index in [9.17, 15) is 0 Å². The number of nitrogens with one attached hydrogen (secondary N) is 1. The Morgan fingerprint density at radius 2 is 1.63 bits per heavy atom. The average Bonchev–Trinajstić information content (AvgIpc) is 2.38. The maximum Gasteiger partial charge on any atom is 0.118 e. The molecule has 2 rings (SSSR count). The third-order valence-electron chi connectivity index (χ3n) is 2.81. The molecule has 0 aliphatic carbocycles. The van der Waals surface area contributed by atoms with Crippen molar-refractivity contribution in [3.05, 3.63) is 56.5 Å². The summed E-state index contributed by atoms with van der Waals surface area (Å²) >= 11 is 7.16. The molecule has 0 bridgehead atoms. The summed E-state index contributed by atoms with van der Waals surface area (Å²) in [6.45, 7) is 2.84. The van der Waals surface area contributed by atoms with Crippen LogP contribution in [0.2, 0.25) is 0 Å². The quantitative estimate of drug-likeness (QED) is 0.787. The van der Waals surface area contributed by atoms with Gasteiger partial charge in [-0.15, -0.1) is 0 Å². The van der Waals surface area contributed by atoms with Gasteiger partial charge in [-0.25, -0.2) is 0 Å². The first-order valence-electron chi connectivity index (χ1n) is 5.92. The molecule has 0 spiro atoms. The first-order chi connectivity index (χ1) is 9.10. The maximum atomic E-state index is 5.15. The molecule has 1 N–H and O–H groups in total. The van der Waals surface area contributed by atoms with E-state index < -0.39 is 0 Å². The number of anilines is 1. The van der Waals surface area contributed by atoms with Crippen LogP contribution in [0, 0.1) is 6.92 Å². The molecule has 2 aromatic carbocycles. The van der Waals surface area contributed by atoms with E-state index in [0.29, 0.717) is 0 Å². The van der Waals surface area contributed by atoms with E-state index in [1.165, 1.54) is 11.1 Å². The number of aryl methyl sites for hydroxylation is 1. The van der Waals surface area contributed by atoms with Gasteiger partial charge in [0.1, 0.15) is 5.75 Å². The molecule has 0 saturated carbocycles. The fourth-order valence-corrected chi connectivity index (χ4v) is 3.50. The molecule has 2 nitrogen and oxygen atoms in total. The van der Waals surface area contributed by atoms with Crippen molar-refractivity contribution in [2.45, 2.75) is 13.5 Å². The van der Waals surface area contributed by atoms with Crippen molar-refractivity contribution in [2.75, 3.05) is 12.4 Å². The van der Waals surface area contributed by atoms with Gasteiger partial charge in [0.15, 0.2) is 0 Å². The van der Waals surface area contributed by atoms with E-state index in [2.05, 4.69) is 68.4 Å². The normalized spacial score (nSPS) is 10.3. The van der Waals surface area contributed by atoms with Crippen LogP contribution in [-0.2, 0) is 6.54 Å². The van der Waals surface area contributed by atoms with E-state index in [1.807, 2.05) is 12.1 Å². The summed E-state index contributed by atoms with van der Waals surface area (Å²) in [5, 5.41) is 3.43. The number of hydrogen-bond acceptors (Lipinski definition) is 2. The Balaban J connectivity index is 2.10. The van der Waals surface area contributed by atoms with Gasteiger partial charge in [0.2, 0.25) is 0 Å². The van der Waals surface area contributed by atoms with Gasteiger partial charge in [-0.05, 0) is 74.2 Å². The van der Waals surface area contributed by atoms with Gasteiger partial charge in [-0.3, -0.25) is 0 Å². The predicted molar refractivity (Wildman–Crippen MR) is 86.9 cm³/mol. The van der Waals surface area contributed by atoms with Gasteiger partial charge in [0.25, 0.3) is 0 Å². The second-order valence-electron chi connectivity index (χ2n) is 4.31. The first kappa shape index (κ1) is 14.4. The van der Waals surface area contributed by atoms with Crippen LogP contribution >= 0.6 is 31.9 Å². The van der Waals surface area contributed by atoms with Crippen LogP contribution in [0.5, 0.6) is 5.75 Å². The van der Waals surface area contributed by atoms with Gasteiger partial charge in [0, 0.05) is 15.5 Å². The van der Waals surface area contributed by atoms with Gasteiger partial charge in [-0.2, -0.15) is 0 Å². The number of ether oxygens (including phenoxy) is 1. The van der Waals surface area contributed by atoms with Crippen molar-refractivity contribution >= 4 is 37.5 Å². The number of rotatable bonds is 4. The zero-order valence-electron chi connectivity index (χ0n) is 10.8. The minimum atomic E-state index is 0.768. The number of hydrogen-bond donors (Lipinski definition) is 1. The largest absolute Gasteiger partial charge is 0.497 e. The smallest absolute Gasteiger partial charge is 0.118 e. The van der Waals surface area contributed by atoms with E-state index >= 15 is 0 Å². The Labute approximate surface area is 130 Å². The Bertz CT molecular complexity index is 544. The fraction of sp³-hybridized carbons (Fsp3) is 0.200. The molecule has 100 valence electrons. The summed E-state index contributed by atoms with van der Waals surface area (Å²) < 4.78 is 7.27. The Kier molecular flexibility index (Phi) is 4.88. The highest BCUT2D eigenvalue weighted by Gasteiger charge is 2.05. The molecule has 4 heteroatoms. The molecule has 0 fully saturated rings. The predicted octanol–water partition coefficient (Wildman–Crippen LogP) is 5.14. The minimum Gasteiger partial charge on any atom is -0.497 e. The van der Waals surface area contributed by atoms with Crippen LogP contribution < -0.4 is 10.1 Å². The highest BCUT2D eigenvalue weighted by atomic mass is 79.9. The molecule has 19 heavy (non-hydrogen) atoms. The fourth-order valence-electron chi connectivity index (χ4n) is 1.80. The second kappa shape index (κ2) is 6.44. The van der Waals surface area contributed by atoms with Gasteiger partial charge >= 0.3 is 0 Å². The number of benzene rings is 2. The SMILES string of the molecule is COc1ccc(CNc2c(Br)cc(C)cc2Br)cc1. The molecule has 0 atom stereocenters. The molecule has 0 heterocycles. The minimum absolute atomic E-state index is 0.768. The standard InChI is InChI=1S/C15H15Br2NO/c1-10-7-13(16)15(14(17)8-10)18-9-11-3-5-12(19-2)6-4-11/h3-8,18H,9H2,1-2H3. The van der Waals surface area contributed by atoms with Crippen molar-refractivity contribution in [1.82, 2.24) is 0 Å². The van der Waals surface area contributed by atoms with Crippen molar-refractivity contribution in [3.63, 3.8) is 0 Å². The zero-order valence-corrected chi connectivity index (χ0v) is 14.0. The van der Waals surface area contributed by atoms with Crippen molar-refractivity contribution < 1.29 is 4.74 Å². The highest BCUT2D eigenvalue weighted by Crippen LogP contribution is 2.32. The summed E-state index contributed by atoms with van der Waals surface area (Å²) in [4.78, 5) is 0. The highest BCUT2D eigenvalue weighted by molar-refractivity contribution is 9.11. The molecule has 2 aromatic rings. The van der Waals surface area contributed by atoms with E-state index in [-0.39, 0.29) is 0 Å². The molecular formula is C15H15Br2NO. The van der Waals surface area contributed by atoms with Crippen LogP contribution in [-0.4, -0.2) is 7.11 Å². The van der Waals surface area contributed by atoms with Crippen LogP contribution in [0.25, 0.3) is 0 Å². The lowest BCUT2D eigenvalue weighted by Crippen LogP contribution is -2.01. The lowest BCUT2D eigenvalue weighted by Gasteiger charge is -2.12. The van der Waals surface area contributed by atoms with Crippen LogP contribution in [0.3, 0.4) is 0 Å². The average molecular weight is 385 g/mol. The van der Waals surface area contributed by atoms with E-state index in [1.54, 1.807) is 7.11 Å². The van der Waals surface area contributed by atoms with Gasteiger partial charge in [-0.1, -0.05) is 12.1 Å². The molecule has 0 unspecified atom stereocenters. The Hall–Kier alpha value is -1.00. The molecular weight excluding hydrogens is 370 g/mol. The lowest BCUT2D eigenvalue weighted by atomic mass is 10.2. The van der Waals surface area contributed by atoms with Gasteiger partial charge in [0.05, 0.1) is 12.8 Å². The molecule has 0 saturated heterocycles. The first-order valence-corrected chi connectivity index (χ1v) is 7.51. The third kappa shape index (κ3) is 3.74. The monoisotopic (exact) mass is 383 g/mol. The molecule has 0 amide bonds. The molecule has 0 aromatic heterocycles. The number of halogens is 2. The second-order valence-corrected chi connectivity index (χ2v) is 6.01. The summed E-state index contributed by atoms with van der Waals surface area (Å²) in [7, 11) is 1.67. The van der Waals surface area contributed by atoms with E-state index in [4.69, 9.17) is 4.74 Å². The summed E-state index contributed by atoms with van der Waals surface area (Å²) in [5.41, 5.74) is 3.50. The number of methoxy groups -OCH3 is 1.